The van der Waals surface area contributed by atoms with Gasteiger partial charge in [-0.15, -0.1) is 0 Å². The Balaban J connectivity index is 1.54. The first-order chi connectivity index (χ1) is 12.6. The predicted molar refractivity (Wildman–Crippen MR) is 104 cm³/mol. The van der Waals surface area contributed by atoms with Crippen molar-refractivity contribution in [1.29, 1.82) is 0 Å². The summed E-state index contributed by atoms with van der Waals surface area (Å²) < 4.78 is 14.1. The number of nitrogens with zero attached hydrogens (tertiary/aromatic N) is 1. The van der Waals surface area contributed by atoms with Gasteiger partial charge in [0.25, 0.3) is 0 Å². The summed E-state index contributed by atoms with van der Waals surface area (Å²) in [5.74, 6) is -0.0850. The van der Waals surface area contributed by atoms with Gasteiger partial charge in [-0.3, -0.25) is 9.69 Å². The molecule has 0 bridgehead atoms. The lowest BCUT2D eigenvalue weighted by Crippen LogP contribution is -2.46. The minimum absolute atomic E-state index is 0.000241. The van der Waals surface area contributed by atoms with Gasteiger partial charge < -0.3 is 5.32 Å². The lowest BCUT2D eigenvalue weighted by atomic mass is 9.93. The molecule has 5 heteroatoms. The van der Waals surface area contributed by atoms with Crippen LogP contribution in [0.25, 0.3) is 0 Å². The Labute approximate surface area is 161 Å². The molecule has 1 N–H and O–H groups in total. The largest absolute Gasteiger partial charge is 0.353 e. The smallest absolute Gasteiger partial charge is 0.224 e. The Morgan fingerprint density at radius 3 is 2.58 bits per heavy atom. The molecule has 2 aliphatic rings. The van der Waals surface area contributed by atoms with E-state index in [0.29, 0.717) is 29.7 Å². The number of piperidine rings is 1. The van der Waals surface area contributed by atoms with Gasteiger partial charge in [-0.05, 0) is 44.4 Å². The SMILES string of the molecule is O=C(NC1CCCCCCC1)C1CCCN(Cc2c(F)cccc2Cl)C1. The second-order valence-corrected chi connectivity index (χ2v) is 8.23. The molecule has 1 aliphatic heterocycles. The summed E-state index contributed by atoms with van der Waals surface area (Å²) in [5, 5.41) is 3.76. The van der Waals surface area contributed by atoms with E-state index in [1.54, 1.807) is 12.1 Å². The summed E-state index contributed by atoms with van der Waals surface area (Å²) in [5.41, 5.74) is 0.537. The van der Waals surface area contributed by atoms with Crippen molar-refractivity contribution < 1.29 is 9.18 Å². The number of nitrogens with one attached hydrogen (secondary N) is 1. The van der Waals surface area contributed by atoms with E-state index in [1.807, 2.05) is 0 Å². The highest BCUT2D eigenvalue weighted by atomic mass is 35.5. The van der Waals surface area contributed by atoms with E-state index >= 15 is 0 Å². The third-order valence-corrected chi connectivity index (χ3v) is 6.13. The van der Waals surface area contributed by atoms with Crippen molar-refractivity contribution in [3.63, 3.8) is 0 Å². The van der Waals surface area contributed by atoms with Crippen LogP contribution in [-0.2, 0) is 11.3 Å². The highest BCUT2D eigenvalue weighted by Gasteiger charge is 2.28. The molecule has 1 amide bonds. The van der Waals surface area contributed by atoms with Crippen molar-refractivity contribution in [2.75, 3.05) is 13.1 Å². The maximum atomic E-state index is 14.1. The topological polar surface area (TPSA) is 32.3 Å². The van der Waals surface area contributed by atoms with Gasteiger partial charge in [-0.1, -0.05) is 49.8 Å². The van der Waals surface area contributed by atoms with Gasteiger partial charge in [0.1, 0.15) is 5.82 Å². The van der Waals surface area contributed by atoms with Crippen molar-refractivity contribution in [2.24, 2.45) is 5.92 Å². The summed E-state index contributed by atoms with van der Waals surface area (Å²) in [6, 6.07) is 5.13. The zero-order chi connectivity index (χ0) is 18.4. The summed E-state index contributed by atoms with van der Waals surface area (Å²) in [7, 11) is 0. The molecule has 0 spiro atoms. The molecular weight excluding hydrogens is 351 g/mol. The zero-order valence-corrected chi connectivity index (χ0v) is 16.2. The van der Waals surface area contributed by atoms with Crippen LogP contribution in [0.2, 0.25) is 5.02 Å². The molecular formula is C21H30ClFN2O. The predicted octanol–water partition coefficient (Wildman–Crippen LogP) is 4.92. The Morgan fingerprint density at radius 1 is 1.12 bits per heavy atom. The minimum atomic E-state index is -0.265. The molecule has 0 radical (unpaired) electrons. The molecule has 1 aromatic carbocycles. The number of carbonyl (C=O) groups is 1. The number of amides is 1. The van der Waals surface area contributed by atoms with Crippen LogP contribution < -0.4 is 5.32 Å². The summed E-state index contributed by atoms with van der Waals surface area (Å²) in [6.07, 6.45) is 10.4. The number of benzene rings is 1. The van der Waals surface area contributed by atoms with E-state index in [0.717, 1.165) is 32.2 Å². The monoisotopic (exact) mass is 380 g/mol. The first-order valence-corrected chi connectivity index (χ1v) is 10.5. The molecule has 1 saturated carbocycles. The highest BCUT2D eigenvalue weighted by molar-refractivity contribution is 6.31. The van der Waals surface area contributed by atoms with Crippen LogP contribution in [-0.4, -0.2) is 29.9 Å². The van der Waals surface area contributed by atoms with E-state index in [1.165, 1.54) is 38.2 Å². The van der Waals surface area contributed by atoms with Gasteiger partial charge in [-0.25, -0.2) is 4.39 Å². The second-order valence-electron chi connectivity index (χ2n) is 7.83. The molecule has 1 atom stereocenters. The first-order valence-electron chi connectivity index (χ1n) is 10.1. The lowest BCUT2D eigenvalue weighted by Gasteiger charge is -2.33. The number of hydrogen-bond acceptors (Lipinski definition) is 2. The van der Waals surface area contributed by atoms with E-state index in [2.05, 4.69) is 10.2 Å². The van der Waals surface area contributed by atoms with E-state index < -0.39 is 0 Å². The van der Waals surface area contributed by atoms with Crippen LogP contribution >= 0.6 is 11.6 Å². The summed E-state index contributed by atoms with van der Waals surface area (Å²) in [6.45, 7) is 2.04. The fourth-order valence-electron chi connectivity index (χ4n) is 4.24. The number of likely N-dealkylation sites (tertiary alicyclic amines) is 1. The van der Waals surface area contributed by atoms with Crippen LogP contribution in [0.4, 0.5) is 4.39 Å². The van der Waals surface area contributed by atoms with Crippen LogP contribution in [0, 0.1) is 11.7 Å². The fourth-order valence-corrected chi connectivity index (χ4v) is 4.46. The molecule has 1 heterocycles. The molecule has 3 rings (SSSR count). The third-order valence-electron chi connectivity index (χ3n) is 5.77. The molecule has 1 aromatic rings. The van der Waals surface area contributed by atoms with Gasteiger partial charge in [0.2, 0.25) is 5.91 Å². The molecule has 2 fully saturated rings. The molecule has 1 saturated heterocycles. The normalized spacial score (nSPS) is 23.2. The molecule has 3 nitrogen and oxygen atoms in total. The molecule has 144 valence electrons. The van der Waals surface area contributed by atoms with Crippen LogP contribution in [0.5, 0.6) is 0 Å². The zero-order valence-electron chi connectivity index (χ0n) is 15.5. The maximum Gasteiger partial charge on any atom is 0.224 e. The highest BCUT2D eigenvalue weighted by Crippen LogP contribution is 2.25. The van der Waals surface area contributed by atoms with E-state index in [4.69, 9.17) is 11.6 Å². The number of halogens is 2. The van der Waals surface area contributed by atoms with E-state index in [-0.39, 0.29) is 17.6 Å². The average molecular weight is 381 g/mol. The molecule has 26 heavy (non-hydrogen) atoms. The first kappa shape index (κ1) is 19.6. The molecule has 1 aliphatic carbocycles. The Morgan fingerprint density at radius 2 is 1.85 bits per heavy atom. The minimum Gasteiger partial charge on any atom is -0.353 e. The average Bonchev–Trinajstić information content (AvgIpc) is 2.61. The summed E-state index contributed by atoms with van der Waals surface area (Å²) in [4.78, 5) is 14.9. The number of hydrogen-bond donors (Lipinski definition) is 1. The van der Waals surface area contributed by atoms with Crippen molar-refractivity contribution in [2.45, 2.75) is 70.4 Å². The van der Waals surface area contributed by atoms with Gasteiger partial charge in [-0.2, -0.15) is 0 Å². The quantitative estimate of drug-likeness (QED) is 0.804. The standard InChI is InChI=1S/C21H30ClFN2O/c22-19-11-6-12-20(23)18(19)15-25-13-7-8-16(14-25)21(26)24-17-9-4-2-1-3-5-10-17/h6,11-12,16-17H,1-5,7-10,13-15H2,(H,24,26). The lowest BCUT2D eigenvalue weighted by molar-refractivity contribution is -0.127. The van der Waals surface area contributed by atoms with Crippen molar-refractivity contribution in [3.05, 3.63) is 34.6 Å². The van der Waals surface area contributed by atoms with Crippen LogP contribution in [0.3, 0.4) is 0 Å². The summed E-state index contributed by atoms with van der Waals surface area (Å²) >= 11 is 6.16. The van der Waals surface area contributed by atoms with Crippen LogP contribution in [0.1, 0.15) is 63.4 Å². The van der Waals surface area contributed by atoms with Crippen molar-refractivity contribution in [1.82, 2.24) is 10.2 Å². The molecule has 0 aromatic heterocycles. The van der Waals surface area contributed by atoms with Gasteiger partial charge >= 0.3 is 0 Å². The Hall–Kier alpha value is -1.13. The Kier molecular flexibility index (Phi) is 7.32. The maximum absolute atomic E-state index is 14.1. The second kappa shape index (κ2) is 9.70. The van der Waals surface area contributed by atoms with Gasteiger partial charge in [0, 0.05) is 29.7 Å². The van der Waals surface area contributed by atoms with Crippen molar-refractivity contribution >= 4 is 17.5 Å². The van der Waals surface area contributed by atoms with Gasteiger partial charge in [0.05, 0.1) is 5.92 Å². The van der Waals surface area contributed by atoms with Crippen molar-refractivity contribution in [3.8, 4) is 0 Å². The number of rotatable bonds is 4. The van der Waals surface area contributed by atoms with Gasteiger partial charge in [0.15, 0.2) is 0 Å². The number of carbonyl (C=O) groups excluding carboxylic acids is 1. The Bertz CT molecular complexity index is 581. The molecule has 1 unspecified atom stereocenters. The van der Waals surface area contributed by atoms with E-state index in [9.17, 15) is 9.18 Å². The van der Waals surface area contributed by atoms with Crippen LogP contribution in [0.15, 0.2) is 18.2 Å². The fraction of sp³-hybridized carbons (Fsp3) is 0.667. The third kappa shape index (κ3) is 5.43.